The van der Waals surface area contributed by atoms with Crippen molar-refractivity contribution in [3.63, 3.8) is 0 Å². The lowest BCUT2D eigenvalue weighted by Gasteiger charge is -2.14. The molecular weight excluding hydrogens is 384 g/mol. The summed E-state index contributed by atoms with van der Waals surface area (Å²) in [5.41, 5.74) is 5.20. The van der Waals surface area contributed by atoms with Crippen molar-refractivity contribution in [3.05, 3.63) is 27.6 Å². The summed E-state index contributed by atoms with van der Waals surface area (Å²) in [7, 11) is 0. The number of aliphatic carboxylic acids is 1. The Morgan fingerprint density at radius 3 is 2.55 bits per heavy atom. The van der Waals surface area contributed by atoms with E-state index >= 15 is 0 Å². The minimum absolute atomic E-state index is 0.313. The molecule has 0 aliphatic carbocycles. The summed E-state index contributed by atoms with van der Waals surface area (Å²) in [4.78, 5) is 33.1. The topological polar surface area (TPSA) is 122 Å². The molecule has 0 aliphatic heterocycles. The van der Waals surface area contributed by atoms with E-state index in [-0.39, 0.29) is 0 Å². The summed E-state index contributed by atoms with van der Waals surface area (Å²) in [6.45, 7) is 0. The normalized spacial score (nSPS) is 11.5. The van der Waals surface area contributed by atoms with E-state index in [1.165, 1.54) is 12.1 Å². The van der Waals surface area contributed by atoms with Crippen LogP contribution in [-0.2, 0) is 9.59 Å². The van der Waals surface area contributed by atoms with Gasteiger partial charge in [-0.25, -0.2) is 14.0 Å². The maximum atomic E-state index is 12.9. The highest BCUT2D eigenvalue weighted by molar-refractivity contribution is 14.1. The number of carbonyl (C=O) groups excluding carboxylic acids is 2. The molecule has 108 valence electrons. The lowest BCUT2D eigenvalue weighted by atomic mass is 10.2. The van der Waals surface area contributed by atoms with Crippen molar-refractivity contribution in [2.75, 3.05) is 5.32 Å². The van der Waals surface area contributed by atoms with E-state index in [1.54, 1.807) is 0 Å². The second-order valence-electron chi connectivity index (χ2n) is 3.78. The summed E-state index contributed by atoms with van der Waals surface area (Å²) in [5, 5.41) is 13.3. The van der Waals surface area contributed by atoms with Gasteiger partial charge in [-0.3, -0.25) is 4.79 Å². The molecule has 0 aliphatic rings. The predicted octanol–water partition coefficient (Wildman–Crippen LogP) is 0.880. The van der Waals surface area contributed by atoms with Gasteiger partial charge in [-0.2, -0.15) is 0 Å². The fourth-order valence-electron chi connectivity index (χ4n) is 1.31. The molecule has 1 unspecified atom stereocenters. The van der Waals surface area contributed by atoms with Crippen LogP contribution in [0.5, 0.6) is 0 Å². The van der Waals surface area contributed by atoms with Gasteiger partial charge in [0.25, 0.3) is 0 Å². The average molecular weight is 395 g/mol. The van der Waals surface area contributed by atoms with Crippen LogP contribution in [0, 0.1) is 9.39 Å². The molecule has 0 heterocycles. The number of halogens is 2. The lowest BCUT2D eigenvalue weighted by Crippen LogP contribution is -2.45. The molecular formula is C11H11FIN3O4. The number of hydrogen-bond donors (Lipinski definition) is 4. The molecule has 1 atom stereocenters. The number of hydrogen-bond acceptors (Lipinski definition) is 3. The van der Waals surface area contributed by atoms with Gasteiger partial charge >= 0.3 is 12.0 Å². The third-order valence-electron chi connectivity index (χ3n) is 2.19. The smallest absolute Gasteiger partial charge is 0.326 e. The number of nitrogens with two attached hydrogens (primary N) is 1. The van der Waals surface area contributed by atoms with Crippen LogP contribution in [0.2, 0.25) is 0 Å². The molecule has 0 bridgehead atoms. The van der Waals surface area contributed by atoms with Gasteiger partial charge in [-0.05, 0) is 40.8 Å². The first-order valence-corrected chi connectivity index (χ1v) is 6.41. The monoisotopic (exact) mass is 395 g/mol. The van der Waals surface area contributed by atoms with Crippen LogP contribution >= 0.6 is 22.6 Å². The maximum absolute atomic E-state index is 12.9. The molecule has 0 saturated heterocycles. The zero-order valence-electron chi connectivity index (χ0n) is 10.0. The van der Waals surface area contributed by atoms with Crippen LogP contribution < -0.4 is 16.4 Å². The summed E-state index contributed by atoms with van der Waals surface area (Å²) in [6.07, 6.45) is -0.525. The number of amides is 3. The Kier molecular flexibility index (Phi) is 5.67. The lowest BCUT2D eigenvalue weighted by molar-refractivity contribution is -0.140. The zero-order chi connectivity index (χ0) is 15.3. The molecule has 0 fully saturated rings. The first-order chi connectivity index (χ1) is 9.29. The molecule has 1 aromatic rings. The molecule has 0 radical (unpaired) electrons. The van der Waals surface area contributed by atoms with Crippen LogP contribution in [0.1, 0.15) is 6.42 Å². The molecule has 9 heteroatoms. The molecule has 5 N–H and O–H groups in total. The quantitative estimate of drug-likeness (QED) is 0.553. The average Bonchev–Trinajstić information content (AvgIpc) is 2.31. The summed E-state index contributed by atoms with van der Waals surface area (Å²) in [6, 6.07) is 1.43. The first kappa shape index (κ1) is 16.1. The van der Waals surface area contributed by atoms with Crippen molar-refractivity contribution in [1.82, 2.24) is 5.32 Å². The summed E-state index contributed by atoms with van der Waals surface area (Å²) < 4.78 is 13.3. The Bertz CT molecular complexity index is 552. The van der Waals surface area contributed by atoms with Gasteiger partial charge < -0.3 is 21.5 Å². The fraction of sp³-hybridized carbons (Fsp3) is 0.182. The molecule has 7 nitrogen and oxygen atoms in total. The second-order valence-corrected chi connectivity index (χ2v) is 4.95. The van der Waals surface area contributed by atoms with Crippen LogP contribution in [0.15, 0.2) is 18.2 Å². The van der Waals surface area contributed by atoms with Gasteiger partial charge in [0.1, 0.15) is 11.9 Å². The van der Waals surface area contributed by atoms with Gasteiger partial charge in [0.15, 0.2) is 0 Å². The molecule has 0 aromatic heterocycles. The van der Waals surface area contributed by atoms with Gasteiger partial charge in [-0.1, -0.05) is 0 Å². The Morgan fingerprint density at radius 2 is 2.05 bits per heavy atom. The Morgan fingerprint density at radius 1 is 1.40 bits per heavy atom. The minimum atomic E-state index is -1.43. The standard InChI is InChI=1S/C11H11FIN3O4/c12-5-1-2-7(6(13)3-5)15-11(20)16-8(10(18)19)4-9(14)17/h1-3,8H,4H2,(H2,14,17)(H,18,19)(H2,15,16,20). The van der Waals surface area contributed by atoms with E-state index in [0.29, 0.717) is 9.26 Å². The number of nitrogens with one attached hydrogen (secondary N) is 2. The molecule has 0 saturated carbocycles. The van der Waals surface area contributed by atoms with Crippen LogP contribution in [0.4, 0.5) is 14.9 Å². The van der Waals surface area contributed by atoms with Gasteiger partial charge in [0, 0.05) is 3.57 Å². The number of primary amides is 1. The number of anilines is 1. The second kappa shape index (κ2) is 7.03. The van der Waals surface area contributed by atoms with Crippen LogP contribution in [0.3, 0.4) is 0 Å². The maximum Gasteiger partial charge on any atom is 0.326 e. The molecule has 20 heavy (non-hydrogen) atoms. The highest BCUT2D eigenvalue weighted by Gasteiger charge is 2.22. The van der Waals surface area contributed by atoms with E-state index in [4.69, 9.17) is 10.8 Å². The van der Waals surface area contributed by atoms with E-state index in [0.717, 1.165) is 6.07 Å². The number of urea groups is 1. The first-order valence-electron chi connectivity index (χ1n) is 5.33. The molecule has 1 rings (SSSR count). The van der Waals surface area contributed by atoms with E-state index in [1.807, 2.05) is 22.6 Å². The number of carbonyl (C=O) groups is 3. The fourth-order valence-corrected chi connectivity index (χ4v) is 1.92. The highest BCUT2D eigenvalue weighted by atomic mass is 127. The Hall–Kier alpha value is -1.91. The highest BCUT2D eigenvalue weighted by Crippen LogP contribution is 2.18. The van der Waals surface area contributed by atoms with E-state index < -0.39 is 36.2 Å². The third-order valence-corrected chi connectivity index (χ3v) is 3.08. The van der Waals surface area contributed by atoms with Gasteiger partial charge in [0.2, 0.25) is 5.91 Å². The molecule has 3 amide bonds. The number of carboxylic acids is 1. The van der Waals surface area contributed by atoms with Crippen molar-refractivity contribution in [2.45, 2.75) is 12.5 Å². The summed E-state index contributed by atoms with van der Waals surface area (Å²) in [5.74, 6) is -2.70. The largest absolute Gasteiger partial charge is 0.480 e. The number of carboxylic acid groups (broad SMARTS) is 1. The Labute approximate surface area is 126 Å². The van der Waals surface area contributed by atoms with Crippen LogP contribution in [0.25, 0.3) is 0 Å². The van der Waals surface area contributed by atoms with E-state index in [2.05, 4.69) is 10.6 Å². The van der Waals surface area contributed by atoms with Crippen molar-refractivity contribution in [1.29, 1.82) is 0 Å². The number of rotatable bonds is 5. The zero-order valence-corrected chi connectivity index (χ0v) is 12.2. The minimum Gasteiger partial charge on any atom is -0.480 e. The Balaban J connectivity index is 2.70. The van der Waals surface area contributed by atoms with Crippen molar-refractivity contribution < 1.29 is 23.9 Å². The van der Waals surface area contributed by atoms with Crippen molar-refractivity contribution >= 4 is 46.2 Å². The molecule has 1 aromatic carbocycles. The van der Waals surface area contributed by atoms with Gasteiger partial charge in [-0.15, -0.1) is 0 Å². The third kappa shape index (κ3) is 4.99. The van der Waals surface area contributed by atoms with Crippen molar-refractivity contribution in [3.8, 4) is 0 Å². The SMILES string of the molecule is NC(=O)CC(NC(=O)Nc1ccc(F)cc1I)C(=O)O. The van der Waals surface area contributed by atoms with E-state index in [9.17, 15) is 18.8 Å². The van der Waals surface area contributed by atoms with Crippen molar-refractivity contribution in [2.24, 2.45) is 5.73 Å². The van der Waals surface area contributed by atoms with Crippen LogP contribution in [-0.4, -0.2) is 29.1 Å². The predicted molar refractivity (Wildman–Crippen MR) is 76.5 cm³/mol. The van der Waals surface area contributed by atoms with Gasteiger partial charge in [0.05, 0.1) is 12.1 Å². The molecule has 0 spiro atoms. The number of benzene rings is 1. The summed E-state index contributed by atoms with van der Waals surface area (Å²) >= 11 is 1.81.